The maximum atomic E-state index is 12.9. The van der Waals surface area contributed by atoms with Gasteiger partial charge in [0.15, 0.2) is 0 Å². The first-order valence-corrected chi connectivity index (χ1v) is 9.48. The molecule has 4 rings (SSSR count). The standard InChI is InChI=1S/C22H23N5O/c28-22(27-12-10-26(11-13-27)21-8-4-5-9-24-21)19-14-20(17-23-16-19)25-15-18-6-2-1-3-7-18/h1-9,14,16-17,25H,10-13,15H2. The summed E-state index contributed by atoms with van der Waals surface area (Å²) in [5.41, 5.74) is 2.65. The molecule has 0 radical (unpaired) electrons. The van der Waals surface area contributed by atoms with E-state index < -0.39 is 0 Å². The second kappa shape index (κ2) is 8.52. The number of benzene rings is 1. The van der Waals surface area contributed by atoms with Crippen LogP contribution in [-0.4, -0.2) is 47.0 Å². The fourth-order valence-electron chi connectivity index (χ4n) is 3.32. The maximum Gasteiger partial charge on any atom is 0.255 e. The number of nitrogens with zero attached hydrogens (tertiary/aromatic N) is 4. The van der Waals surface area contributed by atoms with Gasteiger partial charge in [-0.3, -0.25) is 9.78 Å². The Morgan fingerprint density at radius 1 is 0.964 bits per heavy atom. The summed E-state index contributed by atoms with van der Waals surface area (Å²) in [4.78, 5) is 25.6. The SMILES string of the molecule is O=C(c1cncc(NCc2ccccc2)c1)N1CCN(c2ccccn2)CC1. The second-order valence-electron chi connectivity index (χ2n) is 6.77. The van der Waals surface area contributed by atoms with Crippen LogP contribution in [0.15, 0.2) is 73.2 Å². The maximum absolute atomic E-state index is 12.9. The third kappa shape index (κ3) is 4.28. The van der Waals surface area contributed by atoms with E-state index in [0.29, 0.717) is 25.2 Å². The molecule has 0 saturated carbocycles. The Hall–Kier alpha value is -3.41. The van der Waals surface area contributed by atoms with Gasteiger partial charge in [0.25, 0.3) is 5.91 Å². The third-order valence-electron chi connectivity index (χ3n) is 4.86. The number of piperazine rings is 1. The van der Waals surface area contributed by atoms with E-state index in [2.05, 4.69) is 32.3 Å². The monoisotopic (exact) mass is 373 g/mol. The summed E-state index contributed by atoms with van der Waals surface area (Å²) in [6, 6.07) is 17.9. The summed E-state index contributed by atoms with van der Waals surface area (Å²) in [7, 11) is 0. The molecular weight excluding hydrogens is 350 g/mol. The lowest BCUT2D eigenvalue weighted by Crippen LogP contribution is -2.49. The normalized spacial score (nSPS) is 14.0. The molecule has 1 saturated heterocycles. The summed E-state index contributed by atoms with van der Waals surface area (Å²) in [5.74, 6) is 0.986. The van der Waals surface area contributed by atoms with Gasteiger partial charge in [-0.25, -0.2) is 4.98 Å². The Morgan fingerprint density at radius 3 is 2.50 bits per heavy atom. The van der Waals surface area contributed by atoms with Gasteiger partial charge in [0, 0.05) is 51.3 Å². The Labute approximate surface area is 164 Å². The van der Waals surface area contributed by atoms with Crippen LogP contribution in [0.4, 0.5) is 11.5 Å². The van der Waals surface area contributed by atoms with Crippen molar-refractivity contribution in [2.24, 2.45) is 0 Å². The molecule has 1 amide bonds. The van der Waals surface area contributed by atoms with Gasteiger partial charge in [-0.05, 0) is 23.8 Å². The third-order valence-corrected chi connectivity index (χ3v) is 4.86. The minimum absolute atomic E-state index is 0.0246. The van der Waals surface area contributed by atoms with Crippen LogP contribution in [0.2, 0.25) is 0 Å². The number of carbonyl (C=O) groups is 1. The summed E-state index contributed by atoms with van der Waals surface area (Å²) in [6.45, 7) is 3.61. The van der Waals surface area contributed by atoms with Crippen molar-refractivity contribution in [3.63, 3.8) is 0 Å². The number of rotatable bonds is 5. The van der Waals surface area contributed by atoms with Crippen molar-refractivity contribution in [1.82, 2.24) is 14.9 Å². The highest BCUT2D eigenvalue weighted by molar-refractivity contribution is 5.94. The number of nitrogens with one attached hydrogen (secondary N) is 1. The molecule has 1 N–H and O–H groups in total. The fraction of sp³-hybridized carbons (Fsp3) is 0.227. The van der Waals surface area contributed by atoms with E-state index in [4.69, 9.17) is 0 Å². The number of amides is 1. The molecule has 142 valence electrons. The van der Waals surface area contributed by atoms with Gasteiger partial charge in [0.1, 0.15) is 5.82 Å². The van der Waals surface area contributed by atoms with Crippen LogP contribution < -0.4 is 10.2 Å². The number of carbonyl (C=O) groups excluding carboxylic acids is 1. The lowest BCUT2D eigenvalue weighted by atomic mass is 10.2. The Bertz CT molecular complexity index is 908. The van der Waals surface area contributed by atoms with Crippen LogP contribution >= 0.6 is 0 Å². The van der Waals surface area contributed by atoms with Gasteiger partial charge in [-0.2, -0.15) is 0 Å². The number of pyridine rings is 2. The van der Waals surface area contributed by atoms with E-state index in [-0.39, 0.29) is 5.91 Å². The summed E-state index contributed by atoms with van der Waals surface area (Å²) >= 11 is 0. The number of aromatic nitrogens is 2. The van der Waals surface area contributed by atoms with Gasteiger partial charge < -0.3 is 15.1 Å². The lowest BCUT2D eigenvalue weighted by molar-refractivity contribution is 0.0746. The molecule has 0 spiro atoms. The fourth-order valence-corrected chi connectivity index (χ4v) is 3.32. The molecule has 3 heterocycles. The molecule has 28 heavy (non-hydrogen) atoms. The molecule has 3 aromatic rings. The number of hydrogen-bond donors (Lipinski definition) is 1. The molecule has 6 heteroatoms. The zero-order valence-corrected chi connectivity index (χ0v) is 15.7. The molecule has 2 aromatic heterocycles. The van der Waals surface area contributed by atoms with Gasteiger partial charge in [0.05, 0.1) is 11.3 Å². The quantitative estimate of drug-likeness (QED) is 0.745. The molecular formula is C22H23N5O. The average Bonchev–Trinajstić information content (AvgIpc) is 2.79. The van der Waals surface area contributed by atoms with Crippen LogP contribution in [0.25, 0.3) is 0 Å². The molecule has 1 aliphatic heterocycles. The Morgan fingerprint density at radius 2 is 1.75 bits per heavy atom. The summed E-state index contributed by atoms with van der Waals surface area (Å²) in [6.07, 6.45) is 5.19. The van der Waals surface area contributed by atoms with Crippen molar-refractivity contribution in [2.45, 2.75) is 6.54 Å². The Kier molecular flexibility index (Phi) is 5.47. The molecule has 1 fully saturated rings. The van der Waals surface area contributed by atoms with E-state index in [0.717, 1.165) is 24.6 Å². The minimum atomic E-state index is 0.0246. The molecule has 0 unspecified atom stereocenters. The first kappa shape index (κ1) is 18.0. The smallest absolute Gasteiger partial charge is 0.255 e. The molecule has 0 atom stereocenters. The highest BCUT2D eigenvalue weighted by Gasteiger charge is 2.23. The van der Waals surface area contributed by atoms with E-state index in [1.54, 1.807) is 18.6 Å². The van der Waals surface area contributed by atoms with Crippen LogP contribution in [0.3, 0.4) is 0 Å². The van der Waals surface area contributed by atoms with Crippen molar-refractivity contribution < 1.29 is 4.79 Å². The topological polar surface area (TPSA) is 61.4 Å². The van der Waals surface area contributed by atoms with Gasteiger partial charge >= 0.3 is 0 Å². The van der Waals surface area contributed by atoms with Crippen LogP contribution in [-0.2, 0) is 6.54 Å². The predicted molar refractivity (Wildman–Crippen MR) is 110 cm³/mol. The zero-order chi connectivity index (χ0) is 19.2. The van der Waals surface area contributed by atoms with Crippen molar-refractivity contribution in [2.75, 3.05) is 36.4 Å². The minimum Gasteiger partial charge on any atom is -0.380 e. The van der Waals surface area contributed by atoms with Gasteiger partial charge in [-0.15, -0.1) is 0 Å². The number of anilines is 2. The van der Waals surface area contributed by atoms with Crippen LogP contribution in [0.1, 0.15) is 15.9 Å². The highest BCUT2D eigenvalue weighted by Crippen LogP contribution is 2.16. The molecule has 1 aromatic carbocycles. The average molecular weight is 373 g/mol. The summed E-state index contributed by atoms with van der Waals surface area (Å²) < 4.78 is 0. The second-order valence-corrected chi connectivity index (χ2v) is 6.77. The lowest BCUT2D eigenvalue weighted by Gasteiger charge is -2.35. The van der Waals surface area contributed by atoms with Gasteiger partial charge in [-0.1, -0.05) is 36.4 Å². The van der Waals surface area contributed by atoms with E-state index in [1.165, 1.54) is 5.56 Å². The number of hydrogen-bond acceptors (Lipinski definition) is 5. The first-order valence-electron chi connectivity index (χ1n) is 9.48. The molecule has 0 aliphatic carbocycles. The molecule has 0 bridgehead atoms. The van der Waals surface area contributed by atoms with Gasteiger partial charge in [0.2, 0.25) is 0 Å². The van der Waals surface area contributed by atoms with Crippen molar-refractivity contribution in [3.05, 3.63) is 84.3 Å². The predicted octanol–water partition coefficient (Wildman–Crippen LogP) is 3.05. The van der Waals surface area contributed by atoms with Crippen LogP contribution in [0, 0.1) is 0 Å². The highest BCUT2D eigenvalue weighted by atomic mass is 16.2. The zero-order valence-electron chi connectivity index (χ0n) is 15.7. The van der Waals surface area contributed by atoms with E-state index in [9.17, 15) is 4.79 Å². The summed E-state index contributed by atoms with van der Waals surface area (Å²) in [5, 5.41) is 3.34. The molecule has 6 nitrogen and oxygen atoms in total. The largest absolute Gasteiger partial charge is 0.380 e. The van der Waals surface area contributed by atoms with E-state index in [1.807, 2.05) is 47.4 Å². The Balaban J connectivity index is 1.36. The first-order chi connectivity index (χ1) is 13.8. The molecule has 1 aliphatic rings. The van der Waals surface area contributed by atoms with E-state index >= 15 is 0 Å². The van der Waals surface area contributed by atoms with Crippen molar-refractivity contribution in [1.29, 1.82) is 0 Å². The van der Waals surface area contributed by atoms with Crippen LogP contribution in [0.5, 0.6) is 0 Å². The van der Waals surface area contributed by atoms with Crippen molar-refractivity contribution in [3.8, 4) is 0 Å². The van der Waals surface area contributed by atoms with Crippen molar-refractivity contribution >= 4 is 17.4 Å².